The Bertz CT molecular complexity index is 1020. The fourth-order valence-electron chi connectivity index (χ4n) is 4.10. The van der Waals surface area contributed by atoms with Crippen molar-refractivity contribution in [2.24, 2.45) is 0 Å². The van der Waals surface area contributed by atoms with Crippen molar-refractivity contribution in [1.82, 2.24) is 0 Å². The molecule has 12 nitrogen and oxygen atoms in total. The minimum Gasteiger partial charge on any atom is -0.504 e. The second-order valence-electron chi connectivity index (χ2n) is 8.87. The lowest BCUT2D eigenvalue weighted by atomic mass is 9.99. The third kappa shape index (κ3) is 7.04. The maximum absolute atomic E-state index is 10.8. The summed E-state index contributed by atoms with van der Waals surface area (Å²) in [6.07, 6.45) is -7.82. The van der Waals surface area contributed by atoms with E-state index in [0.717, 1.165) is 5.56 Å². The molecule has 0 spiro atoms. The summed E-state index contributed by atoms with van der Waals surface area (Å²) in [7, 11) is 2.85. The Hall–Kier alpha value is -2.68. The zero-order valence-corrected chi connectivity index (χ0v) is 21.2. The second kappa shape index (κ2) is 13.9. The van der Waals surface area contributed by atoms with Gasteiger partial charge < -0.3 is 59.4 Å². The van der Waals surface area contributed by atoms with E-state index >= 15 is 0 Å². The molecular weight excluding hydrogens is 504 g/mol. The van der Waals surface area contributed by atoms with E-state index in [1.54, 1.807) is 18.2 Å². The normalized spacial score (nSPS) is 25.0. The molecule has 2 aromatic carbocycles. The molecule has 212 valence electrons. The zero-order valence-electron chi connectivity index (χ0n) is 21.2. The number of hydrogen-bond acceptors (Lipinski definition) is 12. The lowest BCUT2D eigenvalue weighted by Crippen LogP contribution is -2.59. The van der Waals surface area contributed by atoms with Crippen LogP contribution in [0.3, 0.4) is 0 Å². The van der Waals surface area contributed by atoms with E-state index in [2.05, 4.69) is 0 Å². The highest BCUT2D eigenvalue weighted by atomic mass is 16.7. The molecule has 1 aliphatic rings. The maximum atomic E-state index is 10.8. The number of aliphatic hydroxyl groups is 6. The lowest BCUT2D eigenvalue weighted by Gasteiger charge is -2.39. The van der Waals surface area contributed by atoms with Gasteiger partial charge in [-0.15, -0.1) is 0 Å². The monoisotopic (exact) mass is 540 g/mol. The van der Waals surface area contributed by atoms with Gasteiger partial charge in [-0.3, -0.25) is 0 Å². The Balaban J connectivity index is 1.58. The summed E-state index contributed by atoms with van der Waals surface area (Å²) in [6.45, 7) is -0.862. The van der Waals surface area contributed by atoms with Crippen molar-refractivity contribution in [3.8, 4) is 23.0 Å². The first-order valence-corrected chi connectivity index (χ1v) is 12.2. The van der Waals surface area contributed by atoms with Crippen molar-refractivity contribution in [3.63, 3.8) is 0 Å². The van der Waals surface area contributed by atoms with Crippen LogP contribution in [0.25, 0.3) is 0 Å². The van der Waals surface area contributed by atoms with E-state index in [4.69, 9.17) is 23.7 Å². The largest absolute Gasteiger partial charge is 0.504 e. The number of aromatic hydroxyl groups is 1. The number of methoxy groups -OCH3 is 2. The average molecular weight is 541 g/mol. The van der Waals surface area contributed by atoms with Crippen LogP contribution in [0.2, 0.25) is 0 Å². The van der Waals surface area contributed by atoms with Crippen molar-refractivity contribution in [3.05, 3.63) is 47.5 Å². The van der Waals surface area contributed by atoms with Gasteiger partial charge in [-0.2, -0.15) is 0 Å². The molecule has 0 aliphatic carbocycles. The summed E-state index contributed by atoms with van der Waals surface area (Å²) in [5.41, 5.74) is 1.25. The van der Waals surface area contributed by atoms with Crippen molar-refractivity contribution >= 4 is 0 Å². The van der Waals surface area contributed by atoms with Gasteiger partial charge >= 0.3 is 0 Å². The van der Waals surface area contributed by atoms with Gasteiger partial charge in [0, 0.05) is 0 Å². The molecule has 0 unspecified atom stereocenters. The Morgan fingerprint density at radius 2 is 1.63 bits per heavy atom. The highest BCUT2D eigenvalue weighted by Crippen LogP contribution is 2.34. The van der Waals surface area contributed by atoms with Gasteiger partial charge in [0.25, 0.3) is 0 Å². The van der Waals surface area contributed by atoms with E-state index < -0.39 is 56.1 Å². The fourth-order valence-corrected chi connectivity index (χ4v) is 4.10. The summed E-state index contributed by atoms with van der Waals surface area (Å²) in [6, 6.07) is 9.52. The van der Waals surface area contributed by atoms with Crippen LogP contribution >= 0.6 is 0 Å². The Kier molecular flexibility index (Phi) is 10.9. The number of rotatable bonds is 13. The number of aliphatic hydroxyl groups excluding tert-OH is 6. The minimum absolute atomic E-state index is 0.0826. The second-order valence-corrected chi connectivity index (χ2v) is 8.87. The average Bonchev–Trinajstić information content (AvgIpc) is 2.94. The number of ether oxygens (including phenoxy) is 5. The van der Waals surface area contributed by atoms with Crippen LogP contribution in [0.15, 0.2) is 36.4 Å². The van der Waals surface area contributed by atoms with Gasteiger partial charge in [0.05, 0.1) is 34.0 Å². The van der Waals surface area contributed by atoms with Gasteiger partial charge in [-0.05, 0) is 48.2 Å². The van der Waals surface area contributed by atoms with Crippen molar-refractivity contribution in [2.45, 2.75) is 55.8 Å². The SMILES string of the molecule is COc1cc([C@H](O)[C@@H](CO)Oc2ccc(CCCO[C@H]3O[C@@H](CO)[C@H](O)[C@@H](O)[C@@H]3O)cc2OC)ccc1O. The smallest absolute Gasteiger partial charge is 0.186 e. The van der Waals surface area contributed by atoms with Crippen molar-refractivity contribution in [2.75, 3.05) is 34.0 Å². The van der Waals surface area contributed by atoms with E-state index in [-0.39, 0.29) is 18.1 Å². The van der Waals surface area contributed by atoms with E-state index in [1.807, 2.05) is 0 Å². The zero-order chi connectivity index (χ0) is 27.8. The fraction of sp³-hybridized carbons (Fsp3) is 0.538. The van der Waals surface area contributed by atoms with Gasteiger partial charge in [0.15, 0.2) is 35.4 Å². The molecule has 0 radical (unpaired) electrons. The van der Waals surface area contributed by atoms with Crippen LogP contribution in [-0.2, 0) is 15.9 Å². The number of hydrogen-bond donors (Lipinski definition) is 7. The molecule has 38 heavy (non-hydrogen) atoms. The molecule has 3 rings (SSSR count). The maximum Gasteiger partial charge on any atom is 0.186 e. The minimum atomic E-state index is -1.50. The first-order valence-electron chi connectivity index (χ1n) is 12.2. The topological polar surface area (TPSA) is 188 Å². The molecule has 2 aromatic rings. The molecule has 0 bridgehead atoms. The predicted molar refractivity (Wildman–Crippen MR) is 132 cm³/mol. The first kappa shape index (κ1) is 29.9. The highest BCUT2D eigenvalue weighted by molar-refractivity contribution is 5.44. The van der Waals surface area contributed by atoms with Crippen LogP contribution in [-0.4, -0.2) is 107 Å². The number of phenolic OH excluding ortho intramolecular Hbond substituents is 1. The van der Waals surface area contributed by atoms with Crippen LogP contribution in [0.1, 0.15) is 23.7 Å². The summed E-state index contributed by atoms with van der Waals surface area (Å²) in [5.74, 6) is 0.778. The van der Waals surface area contributed by atoms with E-state index in [9.17, 15) is 35.7 Å². The van der Waals surface area contributed by atoms with Gasteiger partial charge in [0.2, 0.25) is 0 Å². The summed E-state index contributed by atoms with van der Waals surface area (Å²) in [4.78, 5) is 0. The number of phenols is 1. The molecule has 7 N–H and O–H groups in total. The molecule has 12 heteroatoms. The first-order chi connectivity index (χ1) is 18.2. The van der Waals surface area contributed by atoms with E-state index in [1.165, 1.54) is 32.4 Å². The Morgan fingerprint density at radius 3 is 2.29 bits per heavy atom. The molecule has 1 saturated heterocycles. The summed E-state index contributed by atoms with van der Waals surface area (Å²) in [5, 5.41) is 69.4. The highest BCUT2D eigenvalue weighted by Gasteiger charge is 2.43. The Labute approximate surface area is 220 Å². The van der Waals surface area contributed by atoms with Crippen LogP contribution < -0.4 is 14.2 Å². The molecule has 1 fully saturated rings. The summed E-state index contributed by atoms with van der Waals surface area (Å²) >= 11 is 0. The molecule has 1 heterocycles. The van der Waals surface area contributed by atoms with Gasteiger partial charge in [-0.25, -0.2) is 0 Å². The molecule has 0 aromatic heterocycles. The third-order valence-electron chi connectivity index (χ3n) is 6.32. The number of benzene rings is 2. The predicted octanol–water partition coefficient (Wildman–Crippen LogP) is -0.368. The van der Waals surface area contributed by atoms with Crippen LogP contribution in [0.4, 0.5) is 0 Å². The Morgan fingerprint density at radius 1 is 0.895 bits per heavy atom. The lowest BCUT2D eigenvalue weighted by molar-refractivity contribution is -0.301. The quantitative estimate of drug-likeness (QED) is 0.164. The van der Waals surface area contributed by atoms with Crippen molar-refractivity contribution in [1.29, 1.82) is 0 Å². The van der Waals surface area contributed by atoms with Crippen LogP contribution in [0, 0.1) is 0 Å². The standard InChI is InChI=1S/C26H36O12/c1-34-18-11-15(6-7-16(18)29)22(30)20(12-27)37-17-8-5-14(10-19(17)35-2)4-3-9-36-26-25(33)24(32)23(31)21(13-28)38-26/h5-8,10-11,20-33H,3-4,9,12-13H2,1-2H3/t20-,21+,22+,23+,24-,25+,26+/m1/s1. The molecule has 1 aliphatic heterocycles. The molecule has 7 atom stereocenters. The molecular formula is C26H36O12. The molecule has 0 amide bonds. The molecule has 0 saturated carbocycles. The third-order valence-corrected chi connectivity index (χ3v) is 6.32. The van der Waals surface area contributed by atoms with E-state index in [0.29, 0.717) is 29.9 Å². The van der Waals surface area contributed by atoms with Crippen molar-refractivity contribution < 1.29 is 59.4 Å². The van der Waals surface area contributed by atoms with Crippen LogP contribution in [0.5, 0.6) is 23.0 Å². The van der Waals surface area contributed by atoms with Gasteiger partial charge in [-0.1, -0.05) is 12.1 Å². The number of aryl methyl sites for hydroxylation is 1. The van der Waals surface area contributed by atoms with Gasteiger partial charge in [0.1, 0.15) is 30.5 Å². The summed E-state index contributed by atoms with van der Waals surface area (Å²) < 4.78 is 27.2.